The summed E-state index contributed by atoms with van der Waals surface area (Å²) < 4.78 is 0. The summed E-state index contributed by atoms with van der Waals surface area (Å²) in [6.07, 6.45) is 9.63. The Hall–Kier alpha value is -2.43. The van der Waals surface area contributed by atoms with Gasteiger partial charge in [-0.05, 0) is 67.7 Å². The third-order valence-corrected chi connectivity index (χ3v) is 6.80. The zero-order valence-corrected chi connectivity index (χ0v) is 18.4. The molecular weight excluding hydrogens is 384 g/mol. The van der Waals surface area contributed by atoms with E-state index in [0.717, 1.165) is 18.5 Å². The smallest absolute Gasteiger partial charge is 0.335 e. The summed E-state index contributed by atoms with van der Waals surface area (Å²) in [5, 5.41) is 16.6. The van der Waals surface area contributed by atoms with Crippen LogP contribution in [0.3, 0.4) is 0 Å². The zero-order valence-electron chi connectivity index (χ0n) is 18.4. The third kappa shape index (κ3) is 6.05. The molecule has 0 spiro atoms. The van der Waals surface area contributed by atoms with Gasteiger partial charge in [-0.1, -0.05) is 61.0 Å². The molecule has 0 heterocycles. The first kappa shape index (κ1) is 21.8. The second-order valence-electron chi connectivity index (χ2n) is 9.03. The predicted molar refractivity (Wildman–Crippen MR) is 126 cm³/mol. The summed E-state index contributed by atoms with van der Waals surface area (Å²) in [6.45, 7) is 3.08. The summed E-state index contributed by atoms with van der Waals surface area (Å²) in [6, 6.07) is 19.7. The topological polar surface area (TPSA) is 61.4 Å². The van der Waals surface area contributed by atoms with E-state index in [9.17, 15) is 4.79 Å². The first-order valence-electron chi connectivity index (χ1n) is 11.7. The van der Waals surface area contributed by atoms with E-state index >= 15 is 0 Å². The van der Waals surface area contributed by atoms with Crippen molar-refractivity contribution in [3.63, 3.8) is 0 Å². The van der Waals surface area contributed by atoms with Gasteiger partial charge in [-0.15, -0.1) is 0 Å². The van der Waals surface area contributed by atoms with Gasteiger partial charge in [-0.2, -0.15) is 0 Å². The quantitative estimate of drug-likeness (QED) is 0.520. The maximum atomic E-state index is 11.0. The molecule has 2 atom stereocenters. The van der Waals surface area contributed by atoms with Gasteiger partial charge in [0.1, 0.15) is 0 Å². The average molecular weight is 419 g/mol. The van der Waals surface area contributed by atoms with Crippen molar-refractivity contribution >= 4 is 12.0 Å². The Morgan fingerprint density at radius 3 is 2.32 bits per heavy atom. The van der Waals surface area contributed by atoms with Crippen molar-refractivity contribution in [3.05, 3.63) is 76.9 Å². The van der Waals surface area contributed by atoms with Crippen LogP contribution in [0.25, 0.3) is 6.08 Å². The highest BCUT2D eigenvalue weighted by atomic mass is 16.4. The van der Waals surface area contributed by atoms with Crippen LogP contribution in [0.1, 0.15) is 66.9 Å². The molecule has 4 rings (SSSR count). The largest absolute Gasteiger partial charge is 0.478 e. The summed E-state index contributed by atoms with van der Waals surface area (Å²) >= 11 is 0. The Labute approximate surface area is 185 Å². The van der Waals surface area contributed by atoms with Crippen molar-refractivity contribution in [1.82, 2.24) is 10.6 Å². The molecule has 4 heteroatoms. The molecule has 2 aromatic carbocycles. The summed E-state index contributed by atoms with van der Waals surface area (Å²) in [4.78, 5) is 11.0. The van der Waals surface area contributed by atoms with Crippen molar-refractivity contribution in [2.75, 3.05) is 0 Å². The highest BCUT2D eigenvalue weighted by Crippen LogP contribution is 2.40. The van der Waals surface area contributed by atoms with E-state index in [1.165, 1.54) is 37.7 Å². The van der Waals surface area contributed by atoms with Crippen LogP contribution in [0.15, 0.2) is 60.2 Å². The van der Waals surface area contributed by atoms with E-state index in [4.69, 9.17) is 5.11 Å². The minimum Gasteiger partial charge on any atom is -0.478 e. The van der Waals surface area contributed by atoms with Gasteiger partial charge in [-0.25, -0.2) is 4.79 Å². The third-order valence-electron chi connectivity index (χ3n) is 6.80. The van der Waals surface area contributed by atoms with Crippen LogP contribution in [-0.4, -0.2) is 29.2 Å². The lowest BCUT2D eigenvalue weighted by Gasteiger charge is -2.30. The van der Waals surface area contributed by atoms with Crippen LogP contribution >= 0.6 is 0 Å². The van der Waals surface area contributed by atoms with Crippen LogP contribution in [0.5, 0.6) is 0 Å². The number of hydrogen-bond donors (Lipinski definition) is 3. The molecule has 0 radical (unpaired) electrons. The lowest BCUT2D eigenvalue weighted by Crippen LogP contribution is -2.40. The summed E-state index contributed by atoms with van der Waals surface area (Å²) in [5.74, 6) is -0.167. The zero-order chi connectivity index (χ0) is 21.6. The van der Waals surface area contributed by atoms with E-state index in [0.29, 0.717) is 29.6 Å². The highest BCUT2D eigenvalue weighted by Gasteiger charge is 2.40. The molecule has 0 unspecified atom stereocenters. The van der Waals surface area contributed by atoms with Crippen LogP contribution in [0, 0.1) is 5.92 Å². The molecule has 0 saturated heterocycles. The van der Waals surface area contributed by atoms with E-state index < -0.39 is 5.97 Å². The average Bonchev–Trinajstić information content (AvgIpc) is 3.56. The first-order chi connectivity index (χ1) is 15.1. The van der Waals surface area contributed by atoms with E-state index in [1.807, 2.05) is 12.1 Å². The number of rotatable bonds is 9. The van der Waals surface area contributed by atoms with E-state index in [-0.39, 0.29) is 0 Å². The van der Waals surface area contributed by atoms with Gasteiger partial charge >= 0.3 is 5.97 Å². The summed E-state index contributed by atoms with van der Waals surface area (Å²) in [5.41, 5.74) is 4.38. The number of aromatic carboxylic acids is 1. The maximum Gasteiger partial charge on any atom is 0.335 e. The Kier molecular flexibility index (Phi) is 7.21. The van der Waals surface area contributed by atoms with Crippen molar-refractivity contribution in [2.24, 2.45) is 5.92 Å². The molecule has 2 aromatic rings. The second-order valence-corrected chi connectivity index (χ2v) is 9.03. The molecule has 0 aromatic heterocycles. The normalized spacial score (nSPS) is 25.9. The van der Waals surface area contributed by atoms with Gasteiger partial charge in [0.25, 0.3) is 0 Å². The number of carboxylic acid groups (broad SMARTS) is 1. The van der Waals surface area contributed by atoms with Crippen molar-refractivity contribution in [1.29, 1.82) is 0 Å². The van der Waals surface area contributed by atoms with Gasteiger partial charge in [0.15, 0.2) is 0 Å². The SMILES string of the molecule is CC/C(=C\c1ccccc1)[C@@H]1C[C@H]1NC1CCC(NCc2ccc(C(=O)O)cc2)CC1. The van der Waals surface area contributed by atoms with Gasteiger partial charge in [-0.3, -0.25) is 0 Å². The molecule has 2 fully saturated rings. The molecule has 2 saturated carbocycles. The predicted octanol–water partition coefficient (Wildman–Crippen LogP) is 5.26. The molecule has 0 amide bonds. The molecule has 2 aliphatic carbocycles. The Morgan fingerprint density at radius 1 is 1.00 bits per heavy atom. The fourth-order valence-electron chi connectivity index (χ4n) is 4.82. The fourth-order valence-corrected chi connectivity index (χ4v) is 4.82. The number of carbonyl (C=O) groups is 1. The minimum atomic E-state index is -0.871. The van der Waals surface area contributed by atoms with E-state index in [1.54, 1.807) is 17.7 Å². The van der Waals surface area contributed by atoms with Crippen LogP contribution in [-0.2, 0) is 6.54 Å². The Morgan fingerprint density at radius 2 is 1.68 bits per heavy atom. The Balaban J connectivity index is 1.18. The van der Waals surface area contributed by atoms with Gasteiger partial charge in [0, 0.05) is 24.7 Å². The number of hydrogen-bond acceptors (Lipinski definition) is 3. The fraction of sp³-hybridized carbons (Fsp3) is 0.444. The number of carboxylic acids is 1. The maximum absolute atomic E-state index is 11.0. The van der Waals surface area contributed by atoms with Crippen molar-refractivity contribution in [2.45, 2.75) is 70.1 Å². The second kappa shape index (κ2) is 10.3. The van der Waals surface area contributed by atoms with Crippen LogP contribution < -0.4 is 10.6 Å². The highest BCUT2D eigenvalue weighted by molar-refractivity contribution is 5.87. The van der Waals surface area contributed by atoms with Gasteiger partial charge in [0.05, 0.1) is 5.56 Å². The lowest BCUT2D eigenvalue weighted by atomic mass is 9.91. The van der Waals surface area contributed by atoms with Gasteiger partial charge < -0.3 is 15.7 Å². The molecule has 3 N–H and O–H groups in total. The van der Waals surface area contributed by atoms with E-state index in [2.05, 4.69) is 54.0 Å². The number of nitrogens with one attached hydrogen (secondary N) is 2. The van der Waals surface area contributed by atoms with Crippen LogP contribution in [0.2, 0.25) is 0 Å². The molecule has 31 heavy (non-hydrogen) atoms. The standard InChI is InChI=1S/C27H34N2O2/c1-2-21(16-19-6-4-3-5-7-19)25-17-26(25)29-24-14-12-23(13-15-24)28-18-20-8-10-22(11-9-20)27(30)31/h3-11,16,23-26,28-29H,2,12-15,17-18H2,1H3,(H,30,31)/b21-16+/t23?,24?,25-,26+/m0/s1. The number of benzene rings is 2. The lowest BCUT2D eigenvalue weighted by molar-refractivity contribution is 0.0697. The van der Waals surface area contributed by atoms with Crippen molar-refractivity contribution < 1.29 is 9.90 Å². The summed E-state index contributed by atoms with van der Waals surface area (Å²) in [7, 11) is 0. The molecule has 2 aliphatic rings. The molecule has 0 bridgehead atoms. The van der Waals surface area contributed by atoms with Gasteiger partial charge in [0.2, 0.25) is 0 Å². The molecular formula is C27H34N2O2. The van der Waals surface area contributed by atoms with Crippen molar-refractivity contribution in [3.8, 4) is 0 Å². The molecule has 0 aliphatic heterocycles. The Bertz CT molecular complexity index is 883. The monoisotopic (exact) mass is 418 g/mol. The first-order valence-corrected chi connectivity index (χ1v) is 11.7. The minimum absolute atomic E-state index is 0.346. The molecule has 4 nitrogen and oxygen atoms in total. The van der Waals surface area contributed by atoms with Crippen LogP contribution in [0.4, 0.5) is 0 Å². The molecule has 164 valence electrons.